The molecule has 2 aromatic carbocycles. The van der Waals surface area contributed by atoms with Gasteiger partial charge in [-0.1, -0.05) is 36.1 Å². The predicted molar refractivity (Wildman–Crippen MR) is 130 cm³/mol. The molecule has 0 radical (unpaired) electrons. The molecule has 1 amide bonds. The smallest absolute Gasteiger partial charge is 0.247 e. The molecule has 33 heavy (non-hydrogen) atoms. The highest BCUT2D eigenvalue weighted by molar-refractivity contribution is 6.31. The second kappa shape index (κ2) is 9.18. The van der Waals surface area contributed by atoms with Crippen molar-refractivity contribution in [3.63, 3.8) is 0 Å². The second-order valence-electron chi connectivity index (χ2n) is 8.36. The molecule has 0 unspecified atom stereocenters. The van der Waals surface area contributed by atoms with Gasteiger partial charge in [0.05, 0.1) is 27.5 Å². The Labute approximate surface area is 196 Å². The van der Waals surface area contributed by atoms with Crippen LogP contribution in [0, 0.1) is 23.1 Å². The molecule has 1 aliphatic heterocycles. The van der Waals surface area contributed by atoms with Crippen molar-refractivity contribution in [3.8, 4) is 11.8 Å². The highest BCUT2D eigenvalue weighted by Crippen LogP contribution is 2.32. The van der Waals surface area contributed by atoms with E-state index in [0.717, 1.165) is 19.5 Å². The van der Waals surface area contributed by atoms with Gasteiger partial charge in [0.2, 0.25) is 5.91 Å². The molecule has 2 N–H and O–H groups in total. The summed E-state index contributed by atoms with van der Waals surface area (Å²) in [5.41, 5.74) is 1.78. The zero-order valence-corrected chi connectivity index (χ0v) is 19.1. The number of benzene rings is 2. The van der Waals surface area contributed by atoms with Crippen molar-refractivity contribution in [2.75, 3.05) is 30.8 Å². The summed E-state index contributed by atoms with van der Waals surface area (Å²) in [6.07, 6.45) is 3.55. The van der Waals surface area contributed by atoms with Crippen molar-refractivity contribution in [3.05, 3.63) is 65.7 Å². The maximum Gasteiger partial charge on any atom is 0.247 e. The number of amides is 1. The third kappa shape index (κ3) is 4.98. The van der Waals surface area contributed by atoms with Gasteiger partial charge >= 0.3 is 0 Å². The monoisotopic (exact) mass is 463 g/mol. The molecule has 8 heteroatoms. The molecule has 2 heterocycles. The number of carbonyl (C=O) groups is 1. The fraction of sp³-hybridized carbons (Fsp3) is 0.240. The van der Waals surface area contributed by atoms with E-state index in [0.29, 0.717) is 28.0 Å². The first-order valence-electron chi connectivity index (χ1n) is 10.4. The summed E-state index contributed by atoms with van der Waals surface area (Å²) in [5.74, 6) is 6.05. The van der Waals surface area contributed by atoms with Crippen LogP contribution in [-0.2, 0) is 4.79 Å². The molecule has 3 aromatic rings. The Balaban J connectivity index is 1.79. The molecule has 6 nitrogen and oxygen atoms in total. The van der Waals surface area contributed by atoms with Crippen LogP contribution in [0.3, 0.4) is 0 Å². The zero-order valence-electron chi connectivity index (χ0n) is 18.4. The van der Waals surface area contributed by atoms with E-state index in [1.165, 1.54) is 18.5 Å². The van der Waals surface area contributed by atoms with Crippen molar-refractivity contribution in [2.24, 2.45) is 5.41 Å². The molecular formula is C25H23ClFN5O. The van der Waals surface area contributed by atoms with Crippen molar-refractivity contribution in [2.45, 2.75) is 13.3 Å². The normalized spacial score (nSPS) is 17.9. The van der Waals surface area contributed by atoms with Crippen LogP contribution in [-0.4, -0.2) is 40.9 Å². The third-order valence-corrected chi connectivity index (χ3v) is 5.88. The van der Waals surface area contributed by atoms with Gasteiger partial charge in [0.25, 0.3) is 0 Å². The van der Waals surface area contributed by atoms with Crippen molar-refractivity contribution < 1.29 is 9.18 Å². The Kier molecular flexibility index (Phi) is 6.32. The maximum absolute atomic E-state index is 14.4. The SMILES string of the molecule is C=CC(=O)Nc1cc2c(Nc3cccc(Cl)c3F)ncnc2cc1C#C[C@]1(C)CCN(C)C1. The first-order chi connectivity index (χ1) is 15.8. The van der Waals surface area contributed by atoms with Gasteiger partial charge < -0.3 is 15.5 Å². The van der Waals surface area contributed by atoms with E-state index in [4.69, 9.17) is 11.6 Å². The molecule has 1 atom stereocenters. The van der Waals surface area contributed by atoms with Crippen LogP contribution < -0.4 is 10.6 Å². The highest BCUT2D eigenvalue weighted by atomic mass is 35.5. The summed E-state index contributed by atoms with van der Waals surface area (Å²) in [4.78, 5) is 23.0. The number of hydrogen-bond donors (Lipinski definition) is 2. The lowest BCUT2D eigenvalue weighted by Gasteiger charge is -2.16. The van der Waals surface area contributed by atoms with Gasteiger partial charge in [0.1, 0.15) is 12.1 Å². The van der Waals surface area contributed by atoms with Gasteiger partial charge in [0, 0.05) is 17.3 Å². The van der Waals surface area contributed by atoms with E-state index >= 15 is 0 Å². The second-order valence-corrected chi connectivity index (χ2v) is 8.76. The first kappa shape index (κ1) is 22.7. The van der Waals surface area contributed by atoms with Gasteiger partial charge in [0.15, 0.2) is 5.82 Å². The minimum Gasteiger partial charge on any atom is -0.337 e. The lowest BCUT2D eigenvalue weighted by atomic mass is 9.90. The van der Waals surface area contributed by atoms with Crippen molar-refractivity contribution >= 4 is 45.6 Å². The summed E-state index contributed by atoms with van der Waals surface area (Å²) < 4.78 is 14.4. The molecular weight excluding hydrogens is 441 g/mol. The number of halogens is 2. The highest BCUT2D eigenvalue weighted by Gasteiger charge is 2.30. The number of aromatic nitrogens is 2. The Morgan fingerprint density at radius 2 is 2.15 bits per heavy atom. The largest absolute Gasteiger partial charge is 0.337 e. The number of nitrogens with one attached hydrogen (secondary N) is 2. The van der Waals surface area contributed by atoms with Crippen LogP contribution in [0.4, 0.5) is 21.6 Å². The average Bonchev–Trinajstić information content (AvgIpc) is 3.14. The Morgan fingerprint density at radius 1 is 1.33 bits per heavy atom. The lowest BCUT2D eigenvalue weighted by Crippen LogP contribution is -2.20. The maximum atomic E-state index is 14.4. The summed E-state index contributed by atoms with van der Waals surface area (Å²) >= 11 is 5.90. The van der Waals surface area contributed by atoms with Gasteiger partial charge in [-0.05, 0) is 57.3 Å². The molecule has 168 valence electrons. The molecule has 0 aliphatic carbocycles. The Morgan fingerprint density at radius 3 is 2.88 bits per heavy atom. The van der Waals surface area contributed by atoms with Crippen LogP contribution in [0.25, 0.3) is 10.9 Å². The summed E-state index contributed by atoms with van der Waals surface area (Å²) in [7, 11) is 2.08. The lowest BCUT2D eigenvalue weighted by molar-refractivity contribution is -0.111. The number of nitrogens with zero attached hydrogens (tertiary/aromatic N) is 3. The number of rotatable bonds is 4. The number of carbonyl (C=O) groups excluding carboxylic acids is 1. The molecule has 1 aliphatic rings. The minimum atomic E-state index is -0.580. The minimum absolute atomic E-state index is 0.000843. The van der Waals surface area contributed by atoms with Crippen LogP contribution in [0.5, 0.6) is 0 Å². The number of fused-ring (bicyclic) bond motifs is 1. The molecule has 0 spiro atoms. The summed E-state index contributed by atoms with van der Waals surface area (Å²) in [6.45, 7) is 7.53. The van der Waals surface area contributed by atoms with E-state index in [2.05, 4.69) is 57.9 Å². The number of hydrogen-bond acceptors (Lipinski definition) is 5. The number of anilines is 3. The van der Waals surface area contributed by atoms with Crippen LogP contribution in [0.2, 0.25) is 5.02 Å². The van der Waals surface area contributed by atoms with Crippen LogP contribution in [0.1, 0.15) is 18.9 Å². The quantitative estimate of drug-likeness (QED) is 0.421. The van der Waals surface area contributed by atoms with Gasteiger partial charge in [-0.3, -0.25) is 4.79 Å². The zero-order chi connectivity index (χ0) is 23.6. The van der Waals surface area contributed by atoms with E-state index in [-0.39, 0.29) is 22.0 Å². The van der Waals surface area contributed by atoms with E-state index < -0.39 is 5.82 Å². The molecule has 0 bridgehead atoms. The van der Waals surface area contributed by atoms with E-state index in [9.17, 15) is 9.18 Å². The molecule has 0 saturated carbocycles. The van der Waals surface area contributed by atoms with E-state index in [1.807, 2.05) is 0 Å². The molecule has 1 fully saturated rings. The third-order valence-electron chi connectivity index (χ3n) is 5.59. The molecule has 1 saturated heterocycles. The van der Waals surface area contributed by atoms with Gasteiger partial charge in [-0.15, -0.1) is 0 Å². The van der Waals surface area contributed by atoms with Crippen molar-refractivity contribution in [1.82, 2.24) is 14.9 Å². The van der Waals surface area contributed by atoms with Crippen LogP contribution in [0.15, 0.2) is 49.3 Å². The molecule has 1 aromatic heterocycles. The number of likely N-dealkylation sites (tertiary alicyclic amines) is 1. The summed E-state index contributed by atoms with van der Waals surface area (Å²) in [5, 5.41) is 6.38. The van der Waals surface area contributed by atoms with Crippen molar-refractivity contribution in [1.29, 1.82) is 0 Å². The Bertz CT molecular complexity index is 1320. The van der Waals surface area contributed by atoms with E-state index in [1.54, 1.807) is 24.3 Å². The topological polar surface area (TPSA) is 70.1 Å². The predicted octanol–water partition coefficient (Wildman–Crippen LogP) is 4.98. The summed E-state index contributed by atoms with van der Waals surface area (Å²) in [6, 6.07) is 8.20. The van der Waals surface area contributed by atoms with Crippen LogP contribution >= 0.6 is 11.6 Å². The Hall–Kier alpha value is -3.47. The fourth-order valence-corrected chi connectivity index (χ4v) is 4.01. The standard InChI is InChI=1S/C25H23ClFN5O/c1-4-22(33)30-20-13-17-21(12-16(20)8-9-25(2)10-11-32(3)14-25)28-15-29-24(17)31-19-7-5-6-18(26)23(19)27/h4-7,12-13,15H,1,10-11,14H2,2-3H3,(H,30,33)(H,28,29,31)/t25-/m1/s1. The first-order valence-corrected chi connectivity index (χ1v) is 10.8. The fourth-order valence-electron chi connectivity index (χ4n) is 3.83. The van der Waals surface area contributed by atoms with Gasteiger partial charge in [-0.25, -0.2) is 14.4 Å². The average molecular weight is 464 g/mol. The molecule has 4 rings (SSSR count). The van der Waals surface area contributed by atoms with Gasteiger partial charge in [-0.2, -0.15) is 0 Å².